The zero-order valence-corrected chi connectivity index (χ0v) is 19.2. The maximum absolute atomic E-state index is 13.5. The molecule has 0 unspecified atom stereocenters. The molecule has 0 bridgehead atoms. The van der Waals surface area contributed by atoms with Gasteiger partial charge in [0, 0.05) is 0 Å². The predicted molar refractivity (Wildman–Crippen MR) is 105 cm³/mol. The van der Waals surface area contributed by atoms with Crippen LogP contribution in [0.2, 0.25) is 11.5 Å². The van der Waals surface area contributed by atoms with E-state index in [1.54, 1.807) is 6.08 Å². The minimum atomic E-state index is -4.11. The van der Waals surface area contributed by atoms with Gasteiger partial charge in [-0.2, -0.15) is 0 Å². The van der Waals surface area contributed by atoms with E-state index in [0.717, 1.165) is 31.3 Å². The topological polar surface area (TPSA) is 38.7 Å². The third kappa shape index (κ3) is 7.55. The first-order valence-corrected chi connectivity index (χ1v) is 16.3. The molecule has 1 rings (SSSR count). The van der Waals surface area contributed by atoms with Crippen LogP contribution in [0.5, 0.6) is 0 Å². The Kier molecular flexibility index (Phi) is 10.1. The molecule has 0 aliphatic heterocycles. The van der Waals surface area contributed by atoms with Crippen LogP contribution in [-0.4, -0.2) is 42.6 Å². The molecular formula is C20H35F3GeO3. The molecule has 0 amide bonds. The van der Waals surface area contributed by atoms with E-state index >= 15 is 0 Å². The number of aliphatic hydroxyl groups is 1. The van der Waals surface area contributed by atoms with Crippen molar-refractivity contribution in [3.63, 3.8) is 0 Å². The summed E-state index contributed by atoms with van der Waals surface area (Å²) in [7, 11) is 0. The Hall–Kier alpha value is -0.307. The van der Waals surface area contributed by atoms with Gasteiger partial charge in [-0.15, -0.1) is 0 Å². The molecule has 1 aliphatic carbocycles. The normalized spacial score (nSPS) is 15.9. The number of rotatable bonds is 13. The Morgan fingerprint density at radius 3 is 2.07 bits per heavy atom. The molecule has 0 atom stereocenters. The third-order valence-corrected chi connectivity index (χ3v) is 11.9. The van der Waals surface area contributed by atoms with Crippen molar-refractivity contribution < 1.29 is 27.8 Å². The van der Waals surface area contributed by atoms with Gasteiger partial charge >= 0.3 is 164 Å². The molecule has 0 aromatic carbocycles. The summed E-state index contributed by atoms with van der Waals surface area (Å²) in [5.74, 6) is 1.17. The summed E-state index contributed by atoms with van der Waals surface area (Å²) in [6, 6.07) is 0. The number of unbranched alkanes of at least 4 members (excludes halogenated alkanes) is 2. The molecule has 0 saturated heterocycles. The predicted octanol–water partition coefficient (Wildman–Crippen LogP) is 6.04. The van der Waals surface area contributed by atoms with Crippen LogP contribution in [-0.2, 0) is 9.47 Å². The van der Waals surface area contributed by atoms with Crippen molar-refractivity contribution in [3.8, 4) is 0 Å². The van der Waals surface area contributed by atoms with Crippen molar-refractivity contribution in [3.05, 3.63) is 22.1 Å². The van der Waals surface area contributed by atoms with Crippen LogP contribution in [0.4, 0.5) is 13.2 Å². The van der Waals surface area contributed by atoms with Crippen LogP contribution in [0, 0.1) is 0 Å². The van der Waals surface area contributed by atoms with Crippen molar-refractivity contribution >= 4 is 13.3 Å². The Morgan fingerprint density at radius 1 is 1.04 bits per heavy atom. The summed E-state index contributed by atoms with van der Waals surface area (Å²) in [5.41, 5.74) is 0.863. The van der Waals surface area contributed by atoms with Gasteiger partial charge in [0.15, 0.2) is 0 Å². The van der Waals surface area contributed by atoms with Crippen molar-refractivity contribution in [2.75, 3.05) is 13.2 Å². The van der Waals surface area contributed by atoms with E-state index in [-0.39, 0.29) is 6.42 Å². The van der Waals surface area contributed by atoms with E-state index in [4.69, 9.17) is 9.47 Å². The first-order chi connectivity index (χ1) is 12.6. The van der Waals surface area contributed by atoms with Crippen LogP contribution in [0.3, 0.4) is 0 Å². The quantitative estimate of drug-likeness (QED) is 0.210. The molecule has 0 saturated carbocycles. The zero-order chi connectivity index (χ0) is 20.6. The van der Waals surface area contributed by atoms with E-state index < -0.39 is 24.2 Å². The van der Waals surface area contributed by atoms with Gasteiger partial charge in [0.2, 0.25) is 0 Å². The Bertz CT molecular complexity index is 503. The van der Waals surface area contributed by atoms with Crippen LogP contribution in [0.15, 0.2) is 22.1 Å². The fraction of sp³-hybridized carbons (Fsp3) is 0.800. The van der Waals surface area contributed by atoms with Crippen LogP contribution in [0.25, 0.3) is 0 Å². The SMILES string of the molecule is CCCCOC(O)(CCCC1=[C]([Ge]([CH3])([CH3])[C](F)(F)F)C=CC1)OCCCC. The standard InChI is InChI=1S/C20H35F3GeO3/c1-5-7-15-26-19(25,27-16-8-6-2)14-10-12-17-11-9-13-18(17)24(3,4)20(21,22)23/h9,13,25H,5-8,10-12,14-16H2,1-4H3. The van der Waals surface area contributed by atoms with Gasteiger partial charge in [0.1, 0.15) is 0 Å². The molecule has 0 spiro atoms. The summed E-state index contributed by atoms with van der Waals surface area (Å²) in [6.07, 6.45) is 8.95. The fourth-order valence-corrected chi connectivity index (χ4v) is 7.14. The summed E-state index contributed by atoms with van der Waals surface area (Å²) in [4.78, 5) is 0. The molecule has 1 aliphatic rings. The fourth-order valence-electron chi connectivity index (χ4n) is 3.05. The second-order valence-electron chi connectivity index (χ2n) is 7.72. The summed E-state index contributed by atoms with van der Waals surface area (Å²) < 4.78 is 52.0. The van der Waals surface area contributed by atoms with E-state index in [1.165, 1.54) is 11.5 Å². The number of halogens is 3. The van der Waals surface area contributed by atoms with Crippen LogP contribution >= 0.6 is 0 Å². The number of ether oxygens (including phenoxy) is 2. The van der Waals surface area contributed by atoms with Gasteiger partial charge in [0.05, 0.1) is 0 Å². The molecule has 0 fully saturated rings. The first kappa shape index (κ1) is 24.7. The zero-order valence-electron chi connectivity index (χ0n) is 17.1. The summed E-state index contributed by atoms with van der Waals surface area (Å²) in [5, 5.41) is 6.54. The number of allylic oxidation sites excluding steroid dienone is 4. The van der Waals surface area contributed by atoms with E-state index in [9.17, 15) is 18.3 Å². The van der Waals surface area contributed by atoms with Crippen LogP contribution < -0.4 is 0 Å². The molecule has 0 radical (unpaired) electrons. The summed E-state index contributed by atoms with van der Waals surface area (Å²) in [6.45, 7) is 4.89. The second kappa shape index (κ2) is 11.0. The Labute approximate surface area is 164 Å². The summed E-state index contributed by atoms with van der Waals surface area (Å²) >= 11 is -4.09. The Balaban J connectivity index is 2.71. The molecule has 0 heterocycles. The van der Waals surface area contributed by atoms with Gasteiger partial charge in [0.25, 0.3) is 0 Å². The molecule has 158 valence electrons. The van der Waals surface area contributed by atoms with Crippen molar-refractivity contribution in [2.45, 2.75) is 87.7 Å². The minimum absolute atomic E-state index is 0.261. The molecular weight excluding hydrogens is 418 g/mol. The van der Waals surface area contributed by atoms with Crippen LogP contribution in [0.1, 0.15) is 65.2 Å². The third-order valence-electron chi connectivity index (χ3n) is 5.03. The monoisotopic (exact) mass is 454 g/mol. The van der Waals surface area contributed by atoms with Crippen molar-refractivity contribution in [1.82, 2.24) is 0 Å². The van der Waals surface area contributed by atoms with E-state index in [2.05, 4.69) is 0 Å². The van der Waals surface area contributed by atoms with Gasteiger partial charge in [-0.3, -0.25) is 0 Å². The van der Waals surface area contributed by atoms with Gasteiger partial charge in [-0.25, -0.2) is 0 Å². The molecule has 0 aromatic rings. The second-order valence-corrected chi connectivity index (χ2v) is 16.9. The van der Waals surface area contributed by atoms with Crippen molar-refractivity contribution in [1.29, 1.82) is 0 Å². The first-order valence-electron chi connectivity index (χ1n) is 10.0. The van der Waals surface area contributed by atoms with Crippen molar-refractivity contribution in [2.24, 2.45) is 0 Å². The molecule has 27 heavy (non-hydrogen) atoms. The van der Waals surface area contributed by atoms with Gasteiger partial charge in [-0.05, 0) is 0 Å². The van der Waals surface area contributed by atoms with Gasteiger partial charge < -0.3 is 0 Å². The maximum atomic E-state index is 13.5. The molecule has 1 N–H and O–H groups in total. The number of alkyl halides is 3. The van der Waals surface area contributed by atoms with E-state index in [1.807, 2.05) is 19.9 Å². The van der Waals surface area contributed by atoms with E-state index in [0.29, 0.717) is 36.9 Å². The molecule has 3 nitrogen and oxygen atoms in total. The Morgan fingerprint density at radius 2 is 1.59 bits per heavy atom. The molecule has 0 aromatic heterocycles. The van der Waals surface area contributed by atoms with Gasteiger partial charge in [-0.1, -0.05) is 0 Å². The molecule has 7 heteroatoms. The average Bonchev–Trinajstić information content (AvgIpc) is 3.03. The average molecular weight is 453 g/mol. The number of hydrogen-bond acceptors (Lipinski definition) is 3. The number of hydrogen-bond donors (Lipinski definition) is 1.